The molecule has 0 aliphatic carbocycles. The smallest absolute Gasteiger partial charge is 0.127 e. The van der Waals surface area contributed by atoms with Gasteiger partial charge in [0.1, 0.15) is 18.2 Å². The van der Waals surface area contributed by atoms with Crippen molar-refractivity contribution < 1.29 is 9.13 Å². The van der Waals surface area contributed by atoms with Crippen molar-refractivity contribution in [3.63, 3.8) is 0 Å². The highest BCUT2D eigenvalue weighted by molar-refractivity contribution is 5.73. The van der Waals surface area contributed by atoms with Crippen molar-refractivity contribution in [2.75, 3.05) is 26.7 Å². The minimum atomic E-state index is -0.236. The van der Waals surface area contributed by atoms with Gasteiger partial charge in [-0.15, -0.1) is 0 Å². The number of likely N-dealkylation sites (N-methyl/N-ethyl adjacent to an activating group) is 1. The maximum Gasteiger partial charge on any atom is 0.127 e. The third-order valence-corrected chi connectivity index (χ3v) is 3.36. The predicted molar refractivity (Wildman–Crippen MR) is 93.7 cm³/mol. The second-order valence-electron chi connectivity index (χ2n) is 6.80. The highest BCUT2D eigenvalue weighted by Crippen LogP contribution is 2.30. The van der Waals surface area contributed by atoms with Gasteiger partial charge in [0.15, 0.2) is 0 Å². The molecule has 1 heterocycles. The number of allylic oxidation sites excluding steroid dienone is 1. The number of ether oxygens (including phenoxy) is 1. The molecular formula is C20H24FNO. The number of benzene rings is 1. The summed E-state index contributed by atoms with van der Waals surface area (Å²) in [5.74, 6) is 6.75. The van der Waals surface area contributed by atoms with Crippen LogP contribution in [-0.4, -0.2) is 31.6 Å². The van der Waals surface area contributed by atoms with Gasteiger partial charge in [-0.05, 0) is 63.7 Å². The molecule has 0 radical (unpaired) electrons. The van der Waals surface area contributed by atoms with E-state index in [1.54, 1.807) is 12.1 Å². The van der Waals surface area contributed by atoms with Crippen LogP contribution in [0.5, 0.6) is 5.75 Å². The topological polar surface area (TPSA) is 12.5 Å². The fourth-order valence-electron chi connectivity index (χ4n) is 2.28. The van der Waals surface area contributed by atoms with Crippen LogP contribution < -0.4 is 4.74 Å². The van der Waals surface area contributed by atoms with Gasteiger partial charge in [0.2, 0.25) is 0 Å². The average Bonchev–Trinajstić information content (AvgIpc) is 2.46. The van der Waals surface area contributed by atoms with Crippen molar-refractivity contribution in [3.8, 4) is 17.6 Å². The predicted octanol–water partition coefficient (Wildman–Crippen LogP) is 4.14. The molecule has 0 amide bonds. The number of hydrogen-bond acceptors (Lipinski definition) is 2. The van der Waals surface area contributed by atoms with Crippen LogP contribution in [0.2, 0.25) is 0 Å². The van der Waals surface area contributed by atoms with Gasteiger partial charge in [0, 0.05) is 24.1 Å². The molecule has 0 aromatic heterocycles. The lowest BCUT2D eigenvalue weighted by molar-refractivity contribution is 0.351. The summed E-state index contributed by atoms with van der Waals surface area (Å²) in [6, 6.07) is 4.67. The van der Waals surface area contributed by atoms with E-state index in [-0.39, 0.29) is 11.2 Å². The Bertz CT molecular complexity index is 671. The van der Waals surface area contributed by atoms with Gasteiger partial charge in [-0.3, -0.25) is 4.90 Å². The molecule has 23 heavy (non-hydrogen) atoms. The first-order valence-electron chi connectivity index (χ1n) is 7.83. The molecule has 1 aromatic rings. The summed E-state index contributed by atoms with van der Waals surface area (Å²) in [5.41, 5.74) is 1.97. The van der Waals surface area contributed by atoms with Crippen LogP contribution in [0.25, 0.3) is 5.57 Å². The van der Waals surface area contributed by atoms with Crippen LogP contribution >= 0.6 is 0 Å². The lowest BCUT2D eigenvalue weighted by Gasteiger charge is -2.22. The lowest BCUT2D eigenvalue weighted by Crippen LogP contribution is -2.22. The van der Waals surface area contributed by atoms with Crippen molar-refractivity contribution in [2.24, 2.45) is 5.41 Å². The molecule has 1 aromatic carbocycles. The van der Waals surface area contributed by atoms with Gasteiger partial charge in [-0.2, -0.15) is 0 Å². The number of nitrogens with zero attached hydrogens (tertiary/aromatic N) is 1. The fraction of sp³-hybridized carbons (Fsp3) is 0.400. The molecule has 0 fully saturated rings. The molecule has 122 valence electrons. The van der Waals surface area contributed by atoms with Gasteiger partial charge in [0.25, 0.3) is 0 Å². The molecule has 2 rings (SSSR count). The summed E-state index contributed by atoms with van der Waals surface area (Å²) >= 11 is 0. The number of halogens is 1. The van der Waals surface area contributed by atoms with Crippen LogP contribution in [-0.2, 0) is 0 Å². The van der Waals surface area contributed by atoms with Crippen molar-refractivity contribution in [2.45, 2.75) is 20.8 Å². The first-order chi connectivity index (χ1) is 10.8. The molecule has 0 unspecified atom stereocenters. The van der Waals surface area contributed by atoms with Crippen molar-refractivity contribution in [3.05, 3.63) is 47.8 Å². The second-order valence-corrected chi connectivity index (χ2v) is 6.80. The molecule has 0 saturated carbocycles. The van der Waals surface area contributed by atoms with Gasteiger partial charge in [-0.1, -0.05) is 17.9 Å². The van der Waals surface area contributed by atoms with Gasteiger partial charge >= 0.3 is 0 Å². The zero-order chi connectivity index (χ0) is 16.9. The van der Waals surface area contributed by atoms with Crippen molar-refractivity contribution in [1.29, 1.82) is 0 Å². The monoisotopic (exact) mass is 313 g/mol. The Labute approximate surface area is 138 Å². The molecule has 1 aliphatic heterocycles. The summed E-state index contributed by atoms with van der Waals surface area (Å²) in [5, 5.41) is 0. The maximum absolute atomic E-state index is 13.5. The van der Waals surface area contributed by atoms with E-state index in [1.165, 1.54) is 6.07 Å². The van der Waals surface area contributed by atoms with E-state index in [0.717, 1.165) is 30.0 Å². The van der Waals surface area contributed by atoms with E-state index in [4.69, 9.17) is 4.74 Å². The first kappa shape index (κ1) is 17.3. The zero-order valence-electron chi connectivity index (χ0n) is 14.3. The van der Waals surface area contributed by atoms with E-state index < -0.39 is 0 Å². The number of fused-ring (bicyclic) bond motifs is 1. The van der Waals surface area contributed by atoms with Gasteiger partial charge in [0.05, 0.1) is 0 Å². The summed E-state index contributed by atoms with van der Waals surface area (Å²) < 4.78 is 19.0. The average molecular weight is 313 g/mol. The lowest BCUT2D eigenvalue weighted by atomic mass is 9.98. The SMILES string of the molecule is CN(CC=CC#CC(C)(C)C)CC1=CCOc2ccc(F)cc21. The van der Waals surface area contributed by atoms with Crippen LogP contribution in [0.4, 0.5) is 4.39 Å². The number of hydrogen-bond donors (Lipinski definition) is 0. The quantitative estimate of drug-likeness (QED) is 0.775. The summed E-state index contributed by atoms with van der Waals surface area (Å²) in [6.07, 6.45) is 5.96. The Kier molecular flexibility index (Phi) is 5.63. The normalized spacial score (nSPS) is 14.1. The third-order valence-electron chi connectivity index (χ3n) is 3.36. The van der Waals surface area contributed by atoms with E-state index in [9.17, 15) is 4.39 Å². The van der Waals surface area contributed by atoms with Crippen molar-refractivity contribution in [1.82, 2.24) is 4.90 Å². The largest absolute Gasteiger partial charge is 0.489 e. The van der Waals surface area contributed by atoms with E-state index in [2.05, 4.69) is 37.5 Å². The van der Waals surface area contributed by atoms with Crippen LogP contribution in [0, 0.1) is 23.1 Å². The molecule has 0 saturated heterocycles. The molecule has 0 atom stereocenters. The first-order valence-corrected chi connectivity index (χ1v) is 7.83. The third kappa shape index (κ3) is 5.58. The summed E-state index contributed by atoms with van der Waals surface area (Å²) in [6.45, 7) is 8.35. The Balaban J connectivity index is 1.95. The van der Waals surface area contributed by atoms with Gasteiger partial charge in [-0.25, -0.2) is 4.39 Å². The fourth-order valence-corrected chi connectivity index (χ4v) is 2.28. The Morgan fingerprint density at radius 3 is 2.87 bits per heavy atom. The van der Waals surface area contributed by atoms with Crippen LogP contribution in [0.1, 0.15) is 26.3 Å². The highest BCUT2D eigenvalue weighted by atomic mass is 19.1. The highest BCUT2D eigenvalue weighted by Gasteiger charge is 2.15. The van der Waals surface area contributed by atoms with E-state index in [0.29, 0.717) is 6.61 Å². The van der Waals surface area contributed by atoms with Crippen molar-refractivity contribution >= 4 is 5.57 Å². The minimum absolute atomic E-state index is 0.0247. The number of rotatable bonds is 4. The standard InChI is InChI=1S/C20H24FNO/c1-20(2,3)11-6-5-7-12-22(4)15-16-10-13-23-19-9-8-17(21)14-18(16)19/h5,7-10,14H,12-13,15H2,1-4H3. The molecule has 0 spiro atoms. The Morgan fingerprint density at radius 1 is 1.35 bits per heavy atom. The molecule has 1 aliphatic rings. The Morgan fingerprint density at radius 2 is 2.13 bits per heavy atom. The minimum Gasteiger partial charge on any atom is -0.489 e. The van der Waals surface area contributed by atoms with Gasteiger partial charge < -0.3 is 4.74 Å². The zero-order valence-corrected chi connectivity index (χ0v) is 14.3. The maximum atomic E-state index is 13.5. The Hall–Kier alpha value is -2.05. The summed E-state index contributed by atoms with van der Waals surface area (Å²) in [7, 11) is 2.04. The van der Waals surface area contributed by atoms with Crippen LogP contribution in [0.15, 0.2) is 36.4 Å². The molecule has 0 bridgehead atoms. The molecule has 2 nitrogen and oxygen atoms in total. The molecular weight excluding hydrogens is 289 g/mol. The van der Waals surface area contributed by atoms with E-state index >= 15 is 0 Å². The second kappa shape index (κ2) is 7.48. The van der Waals surface area contributed by atoms with E-state index in [1.807, 2.05) is 25.3 Å². The molecule has 3 heteroatoms. The summed E-state index contributed by atoms with van der Waals surface area (Å²) in [4.78, 5) is 2.17. The molecule has 0 N–H and O–H groups in total. The van der Waals surface area contributed by atoms with Crippen LogP contribution in [0.3, 0.4) is 0 Å².